The van der Waals surface area contributed by atoms with E-state index in [0.717, 1.165) is 25.0 Å². The van der Waals surface area contributed by atoms with E-state index in [-0.39, 0.29) is 17.5 Å². The van der Waals surface area contributed by atoms with Crippen molar-refractivity contribution in [3.8, 4) is 5.75 Å². The summed E-state index contributed by atoms with van der Waals surface area (Å²) in [4.78, 5) is 39.3. The van der Waals surface area contributed by atoms with Gasteiger partial charge in [0.25, 0.3) is 11.5 Å². The summed E-state index contributed by atoms with van der Waals surface area (Å²) < 4.78 is 12.3. The van der Waals surface area contributed by atoms with Gasteiger partial charge in [-0.15, -0.1) is 0 Å². The van der Waals surface area contributed by atoms with Crippen LogP contribution < -0.4 is 15.6 Å². The number of methoxy groups -OCH3 is 1. The number of ether oxygens (including phenoxy) is 2. The summed E-state index contributed by atoms with van der Waals surface area (Å²) in [6.45, 7) is 7.07. The van der Waals surface area contributed by atoms with Crippen molar-refractivity contribution in [2.75, 3.05) is 20.2 Å². The van der Waals surface area contributed by atoms with E-state index < -0.39 is 11.7 Å². The Balaban J connectivity index is 1.77. The molecule has 8 heteroatoms. The molecule has 1 fully saturated rings. The Kier molecular flexibility index (Phi) is 5.67. The maximum atomic E-state index is 13.3. The van der Waals surface area contributed by atoms with E-state index in [1.165, 1.54) is 13.2 Å². The minimum absolute atomic E-state index is 0.135. The third-order valence-electron chi connectivity index (χ3n) is 5.04. The van der Waals surface area contributed by atoms with Gasteiger partial charge in [0.05, 0.1) is 7.11 Å². The molecule has 0 unspecified atom stereocenters. The maximum Gasteiger partial charge on any atom is 0.407 e. The van der Waals surface area contributed by atoms with E-state index >= 15 is 0 Å². The van der Waals surface area contributed by atoms with Crippen LogP contribution in [-0.4, -0.2) is 53.3 Å². The number of piperidine rings is 1. The van der Waals surface area contributed by atoms with Crippen molar-refractivity contribution in [3.05, 3.63) is 27.7 Å². The Labute approximate surface area is 164 Å². The number of hydrogen-bond acceptors (Lipinski definition) is 5. The molecular weight excluding hydrogens is 362 g/mol. The second-order valence-electron chi connectivity index (χ2n) is 8.36. The van der Waals surface area contributed by atoms with Crippen LogP contribution in [0.15, 0.2) is 10.9 Å². The van der Waals surface area contributed by atoms with E-state index in [9.17, 15) is 14.4 Å². The van der Waals surface area contributed by atoms with Crippen molar-refractivity contribution in [2.45, 2.75) is 64.6 Å². The molecule has 0 aromatic carbocycles. The summed E-state index contributed by atoms with van der Waals surface area (Å²) in [7, 11) is 1.47. The van der Waals surface area contributed by atoms with Gasteiger partial charge in [0.1, 0.15) is 16.9 Å². The predicted molar refractivity (Wildman–Crippen MR) is 104 cm³/mol. The number of alkyl carbamates (subject to hydrolysis) is 1. The number of pyridine rings is 1. The van der Waals surface area contributed by atoms with Crippen LogP contribution in [0.3, 0.4) is 0 Å². The normalized spacial score (nSPS) is 19.1. The zero-order chi connectivity index (χ0) is 20.5. The lowest BCUT2D eigenvalue weighted by atomic mass is 10.0. The van der Waals surface area contributed by atoms with Crippen molar-refractivity contribution in [2.24, 2.45) is 0 Å². The highest BCUT2D eigenvalue weighted by molar-refractivity contribution is 5.98. The van der Waals surface area contributed by atoms with Gasteiger partial charge >= 0.3 is 6.09 Å². The number of amides is 2. The van der Waals surface area contributed by atoms with Gasteiger partial charge in [0, 0.05) is 37.4 Å². The second-order valence-corrected chi connectivity index (χ2v) is 8.36. The van der Waals surface area contributed by atoms with E-state index in [1.54, 1.807) is 9.47 Å². The Hall–Kier alpha value is -2.51. The molecule has 0 aliphatic carbocycles. The molecule has 1 aromatic heterocycles. The first kappa shape index (κ1) is 20.2. The molecule has 2 aliphatic rings. The summed E-state index contributed by atoms with van der Waals surface area (Å²) in [5, 5.41) is 2.86. The zero-order valence-electron chi connectivity index (χ0n) is 17.0. The van der Waals surface area contributed by atoms with Crippen LogP contribution in [0.1, 0.15) is 56.1 Å². The molecule has 2 amide bonds. The van der Waals surface area contributed by atoms with Gasteiger partial charge in [0.15, 0.2) is 0 Å². The number of carbonyl (C=O) groups is 2. The van der Waals surface area contributed by atoms with Crippen LogP contribution in [0.5, 0.6) is 5.75 Å². The van der Waals surface area contributed by atoms with Crippen LogP contribution in [-0.2, 0) is 17.7 Å². The Morgan fingerprint density at radius 1 is 1.21 bits per heavy atom. The molecule has 3 rings (SSSR count). The molecule has 3 heterocycles. The largest absolute Gasteiger partial charge is 0.496 e. The fraction of sp³-hybridized carbons (Fsp3) is 0.650. The zero-order valence-corrected chi connectivity index (χ0v) is 17.0. The van der Waals surface area contributed by atoms with Gasteiger partial charge in [-0.25, -0.2) is 4.79 Å². The second kappa shape index (κ2) is 7.85. The topological polar surface area (TPSA) is 89.9 Å². The molecule has 0 bridgehead atoms. The highest BCUT2D eigenvalue weighted by Crippen LogP contribution is 2.28. The number of hydrogen-bond donors (Lipinski definition) is 1. The molecule has 1 atom stereocenters. The van der Waals surface area contributed by atoms with Crippen LogP contribution >= 0.6 is 0 Å². The number of nitrogens with one attached hydrogen (secondary N) is 1. The van der Waals surface area contributed by atoms with Crippen molar-refractivity contribution in [1.82, 2.24) is 14.8 Å². The van der Waals surface area contributed by atoms with Gasteiger partial charge in [-0.1, -0.05) is 0 Å². The summed E-state index contributed by atoms with van der Waals surface area (Å²) in [6, 6.07) is 1.22. The van der Waals surface area contributed by atoms with Crippen molar-refractivity contribution in [1.29, 1.82) is 0 Å². The summed E-state index contributed by atoms with van der Waals surface area (Å²) in [5.41, 5.74) is 0.512. The number of likely N-dealkylation sites (tertiary alicyclic amines) is 1. The minimum atomic E-state index is -0.570. The third-order valence-corrected chi connectivity index (χ3v) is 5.04. The van der Waals surface area contributed by atoms with Crippen molar-refractivity contribution >= 4 is 12.0 Å². The fourth-order valence-corrected chi connectivity index (χ4v) is 3.88. The highest BCUT2D eigenvalue weighted by atomic mass is 16.6. The first-order chi connectivity index (χ1) is 13.2. The third kappa shape index (κ3) is 4.31. The summed E-state index contributed by atoms with van der Waals surface area (Å²) in [6.07, 6.45) is 2.61. The highest BCUT2D eigenvalue weighted by Gasteiger charge is 2.32. The molecular formula is C20H29N3O5. The molecule has 8 nitrogen and oxygen atoms in total. The fourth-order valence-electron chi connectivity index (χ4n) is 3.88. The van der Waals surface area contributed by atoms with E-state index in [2.05, 4.69) is 5.32 Å². The van der Waals surface area contributed by atoms with Crippen molar-refractivity contribution < 1.29 is 19.1 Å². The molecule has 0 spiro atoms. The lowest BCUT2D eigenvalue weighted by Gasteiger charge is -2.34. The number of aromatic nitrogens is 1. The maximum absolute atomic E-state index is 13.3. The summed E-state index contributed by atoms with van der Waals surface area (Å²) >= 11 is 0. The van der Waals surface area contributed by atoms with E-state index in [4.69, 9.17) is 9.47 Å². The average molecular weight is 391 g/mol. The minimum Gasteiger partial charge on any atom is -0.496 e. The van der Waals surface area contributed by atoms with Gasteiger partial charge in [-0.05, 0) is 46.5 Å². The monoisotopic (exact) mass is 391 g/mol. The molecule has 28 heavy (non-hydrogen) atoms. The van der Waals surface area contributed by atoms with Crippen LogP contribution in [0, 0.1) is 0 Å². The Bertz CT molecular complexity index is 824. The average Bonchev–Trinajstić information content (AvgIpc) is 3.09. The number of nitrogens with zero attached hydrogens (tertiary/aromatic N) is 2. The van der Waals surface area contributed by atoms with Crippen LogP contribution in [0.2, 0.25) is 0 Å². The van der Waals surface area contributed by atoms with E-state index in [1.807, 2.05) is 20.8 Å². The van der Waals surface area contributed by atoms with Crippen molar-refractivity contribution in [3.63, 3.8) is 0 Å². The van der Waals surface area contributed by atoms with Crippen LogP contribution in [0.4, 0.5) is 4.79 Å². The Morgan fingerprint density at radius 3 is 2.64 bits per heavy atom. The van der Waals surface area contributed by atoms with Gasteiger partial charge < -0.3 is 24.3 Å². The van der Waals surface area contributed by atoms with Gasteiger partial charge in [-0.2, -0.15) is 0 Å². The number of rotatable bonds is 3. The predicted octanol–water partition coefficient (Wildman–Crippen LogP) is 1.93. The standard InChI is InChI=1S/C20H29N3O5/c1-20(2,3)28-19(26)21-13-7-5-9-22(12-13)18(25)17-14-8-6-10-23(14)16(24)11-15(17)27-4/h11,13H,5-10,12H2,1-4H3,(H,21,26)/t13-/m0/s1. The molecule has 1 N–H and O–H groups in total. The Morgan fingerprint density at radius 2 is 1.96 bits per heavy atom. The summed E-state index contributed by atoms with van der Waals surface area (Å²) in [5.74, 6) is 0.170. The molecule has 154 valence electrons. The van der Waals surface area contributed by atoms with Gasteiger partial charge in [0.2, 0.25) is 0 Å². The van der Waals surface area contributed by atoms with E-state index in [0.29, 0.717) is 37.4 Å². The lowest BCUT2D eigenvalue weighted by Crippen LogP contribution is -2.50. The first-order valence-electron chi connectivity index (χ1n) is 9.79. The molecule has 1 aromatic rings. The lowest BCUT2D eigenvalue weighted by molar-refractivity contribution is 0.0451. The molecule has 2 aliphatic heterocycles. The first-order valence-corrected chi connectivity index (χ1v) is 9.79. The molecule has 1 saturated heterocycles. The number of carbonyl (C=O) groups excluding carboxylic acids is 2. The SMILES string of the molecule is COc1cc(=O)n2c(c1C(=O)N1CCC[C@H](NC(=O)OC(C)(C)C)C1)CCC2. The van der Waals surface area contributed by atoms with Gasteiger partial charge in [-0.3, -0.25) is 9.59 Å². The smallest absolute Gasteiger partial charge is 0.407 e. The molecule has 0 radical (unpaired) electrons. The number of fused-ring (bicyclic) bond motifs is 1. The molecule has 0 saturated carbocycles. The quantitative estimate of drug-likeness (QED) is 0.850. The van der Waals surface area contributed by atoms with Crippen LogP contribution in [0.25, 0.3) is 0 Å².